The molecule has 10 heteroatoms. The average Bonchev–Trinajstić information content (AvgIpc) is 2.13. The fraction of sp³-hybridized carbons (Fsp3) is 0.250. The second-order valence-electron chi connectivity index (χ2n) is 3.06. The van der Waals surface area contributed by atoms with Gasteiger partial charge in [-0.25, -0.2) is 0 Å². The van der Waals surface area contributed by atoms with Crippen molar-refractivity contribution in [3.8, 4) is 0 Å². The Morgan fingerprint density at radius 1 is 1.11 bits per heavy atom. The first-order valence-corrected chi connectivity index (χ1v) is 4.36. The molecule has 0 saturated carbocycles. The van der Waals surface area contributed by atoms with Crippen LogP contribution in [0.2, 0.25) is 0 Å². The first kappa shape index (κ1) is 16.2. The van der Waals surface area contributed by atoms with Crippen molar-refractivity contribution in [2.24, 2.45) is 0 Å². The normalized spacial score (nSPS) is 11.3. The number of alkyl halides is 3. The van der Waals surface area contributed by atoms with E-state index < -0.39 is 24.7 Å². The van der Waals surface area contributed by atoms with Crippen LogP contribution in [-0.2, 0) is 6.18 Å². The van der Waals surface area contributed by atoms with Crippen molar-refractivity contribution in [1.82, 2.24) is 0 Å². The van der Waals surface area contributed by atoms with Gasteiger partial charge in [0.2, 0.25) is 5.39 Å². The van der Waals surface area contributed by atoms with Crippen LogP contribution in [0.1, 0.15) is 11.1 Å². The lowest BCUT2D eigenvalue weighted by Gasteiger charge is -2.03. The van der Waals surface area contributed by atoms with E-state index in [2.05, 4.69) is 4.98 Å². The SMILES string of the molecule is Cc1cccc(C(F)(F)F)c1[N+]#N.F[B-](F)(F)F. The van der Waals surface area contributed by atoms with Crippen LogP contribution in [0.15, 0.2) is 18.2 Å². The fourth-order valence-electron chi connectivity index (χ4n) is 1.02. The van der Waals surface area contributed by atoms with Gasteiger partial charge in [0.15, 0.2) is 10.5 Å². The van der Waals surface area contributed by atoms with Gasteiger partial charge in [0, 0.05) is 5.56 Å². The van der Waals surface area contributed by atoms with Crippen molar-refractivity contribution < 1.29 is 30.4 Å². The summed E-state index contributed by atoms with van der Waals surface area (Å²) < 4.78 is 75.7. The molecule has 0 aliphatic carbocycles. The summed E-state index contributed by atoms with van der Waals surface area (Å²) in [5, 5.41) is 8.39. The summed E-state index contributed by atoms with van der Waals surface area (Å²) in [6.07, 6.45) is -4.48. The molecule has 0 aliphatic rings. The van der Waals surface area contributed by atoms with Crippen molar-refractivity contribution >= 4 is 12.9 Å². The van der Waals surface area contributed by atoms with Crippen LogP contribution in [0.3, 0.4) is 0 Å². The number of aryl methyl sites for hydroxylation is 1. The third-order valence-corrected chi connectivity index (χ3v) is 1.64. The number of hydrogen-bond donors (Lipinski definition) is 0. The molecule has 1 aromatic rings. The number of halogens is 7. The van der Waals surface area contributed by atoms with E-state index in [0.29, 0.717) is 0 Å². The molecule has 0 bridgehead atoms. The molecule has 0 heterocycles. The molecule has 18 heavy (non-hydrogen) atoms. The highest BCUT2D eigenvalue weighted by molar-refractivity contribution is 6.50. The van der Waals surface area contributed by atoms with Crippen LogP contribution in [-0.4, -0.2) is 7.25 Å². The molecule has 0 aromatic heterocycles. The molecule has 0 N–H and O–H groups in total. The van der Waals surface area contributed by atoms with E-state index in [1.54, 1.807) is 0 Å². The van der Waals surface area contributed by atoms with Crippen LogP contribution in [0.5, 0.6) is 0 Å². The van der Waals surface area contributed by atoms with E-state index in [1.807, 2.05) is 0 Å². The Bertz CT molecular complexity index is 440. The Balaban J connectivity index is 0.000000494. The lowest BCUT2D eigenvalue weighted by atomic mass is 10.1. The molecule has 0 spiro atoms. The van der Waals surface area contributed by atoms with Gasteiger partial charge in [-0.05, 0) is 13.0 Å². The van der Waals surface area contributed by atoms with Gasteiger partial charge < -0.3 is 17.3 Å². The third kappa shape index (κ3) is 6.07. The lowest BCUT2D eigenvalue weighted by Crippen LogP contribution is -2.05. The monoisotopic (exact) mass is 274 g/mol. The molecule has 1 rings (SSSR count). The molecule has 0 unspecified atom stereocenters. The Kier molecular flexibility index (Phi) is 5.14. The summed E-state index contributed by atoms with van der Waals surface area (Å²) in [5.74, 6) is 0. The molecule has 0 fully saturated rings. The average molecular weight is 274 g/mol. The van der Waals surface area contributed by atoms with Gasteiger partial charge in [-0.2, -0.15) is 13.2 Å². The molecule has 0 amide bonds. The van der Waals surface area contributed by atoms with Crippen LogP contribution in [0.25, 0.3) is 4.98 Å². The number of rotatable bonds is 0. The second-order valence-corrected chi connectivity index (χ2v) is 3.06. The van der Waals surface area contributed by atoms with Crippen LogP contribution in [0.4, 0.5) is 36.1 Å². The van der Waals surface area contributed by atoms with Crippen molar-refractivity contribution in [3.63, 3.8) is 0 Å². The highest BCUT2D eigenvalue weighted by atomic mass is 19.5. The third-order valence-electron chi connectivity index (χ3n) is 1.64. The number of nitrogens with zero attached hydrogens (tertiary/aromatic N) is 2. The Labute approximate surface area is 97.1 Å². The molecule has 0 radical (unpaired) electrons. The summed E-state index contributed by atoms with van der Waals surface area (Å²) in [5.41, 5.74) is -1.05. The summed E-state index contributed by atoms with van der Waals surface area (Å²) in [6, 6.07) is 3.60. The van der Waals surface area contributed by atoms with Crippen LogP contribution in [0, 0.1) is 12.3 Å². The van der Waals surface area contributed by atoms with Crippen LogP contribution >= 0.6 is 0 Å². The maximum Gasteiger partial charge on any atom is 0.673 e. The fourth-order valence-corrected chi connectivity index (χ4v) is 1.02. The van der Waals surface area contributed by atoms with E-state index in [9.17, 15) is 30.4 Å². The summed E-state index contributed by atoms with van der Waals surface area (Å²) in [6.45, 7) is 1.45. The van der Waals surface area contributed by atoms with Crippen molar-refractivity contribution in [3.05, 3.63) is 34.3 Å². The largest absolute Gasteiger partial charge is 0.673 e. The molecule has 1 aromatic carbocycles. The summed E-state index contributed by atoms with van der Waals surface area (Å²) in [4.78, 5) is 2.62. The second kappa shape index (κ2) is 5.70. The predicted octanol–water partition coefficient (Wildman–Crippen LogP) is 4.80. The van der Waals surface area contributed by atoms with Gasteiger partial charge in [0.1, 0.15) is 0 Å². The summed E-state index contributed by atoms with van der Waals surface area (Å²) >= 11 is 0. The number of benzene rings is 1. The summed E-state index contributed by atoms with van der Waals surface area (Å²) in [7, 11) is -6.00. The quantitative estimate of drug-likeness (QED) is 0.379. The lowest BCUT2D eigenvalue weighted by molar-refractivity contribution is -0.136. The first-order valence-electron chi connectivity index (χ1n) is 4.36. The Morgan fingerprint density at radius 3 is 1.83 bits per heavy atom. The first-order chi connectivity index (χ1) is 7.96. The molecule has 0 atom stereocenters. The van der Waals surface area contributed by atoms with E-state index in [0.717, 1.165) is 6.07 Å². The predicted molar refractivity (Wildman–Crippen MR) is 51.1 cm³/mol. The standard InChI is InChI=1S/C8H6F3N2.BF4/c1-5-3-2-4-6(7(5)13-12)8(9,10)11;2-1(3,4)5/h2-4H,1H3;/q+1;-1. The zero-order chi connectivity index (χ0) is 14.6. The van der Waals surface area contributed by atoms with Crippen molar-refractivity contribution in [1.29, 1.82) is 5.39 Å². The molecule has 0 aliphatic heterocycles. The van der Waals surface area contributed by atoms with Gasteiger partial charge in [-0.15, -0.1) is 0 Å². The zero-order valence-electron chi connectivity index (χ0n) is 8.85. The molecule has 100 valence electrons. The van der Waals surface area contributed by atoms with E-state index in [4.69, 9.17) is 5.39 Å². The van der Waals surface area contributed by atoms with Gasteiger partial charge in [0.25, 0.3) is 0 Å². The Morgan fingerprint density at radius 2 is 1.56 bits per heavy atom. The van der Waals surface area contributed by atoms with E-state index >= 15 is 0 Å². The number of hydrogen-bond acceptors (Lipinski definition) is 1. The zero-order valence-corrected chi connectivity index (χ0v) is 8.85. The van der Waals surface area contributed by atoms with E-state index in [-0.39, 0.29) is 5.56 Å². The van der Waals surface area contributed by atoms with Gasteiger partial charge in [0.05, 0.1) is 0 Å². The minimum atomic E-state index is -6.00. The smallest absolute Gasteiger partial charge is 0.418 e. The van der Waals surface area contributed by atoms with Crippen molar-refractivity contribution in [2.45, 2.75) is 13.1 Å². The minimum Gasteiger partial charge on any atom is -0.418 e. The molecular weight excluding hydrogens is 268 g/mol. The minimum absolute atomic E-state index is 0.289. The molecule has 0 saturated heterocycles. The highest BCUT2D eigenvalue weighted by Gasteiger charge is 2.39. The van der Waals surface area contributed by atoms with Gasteiger partial charge >= 0.3 is 19.1 Å². The van der Waals surface area contributed by atoms with Crippen LogP contribution < -0.4 is 0 Å². The molecule has 2 nitrogen and oxygen atoms in total. The van der Waals surface area contributed by atoms with Gasteiger partial charge in [-0.3, -0.25) is 0 Å². The van der Waals surface area contributed by atoms with Crippen molar-refractivity contribution in [2.75, 3.05) is 0 Å². The number of diazo groups is 1. The molecular formula is C8H6BF7N2. The topological polar surface area (TPSA) is 28.1 Å². The Hall–Kier alpha value is -1.79. The maximum atomic E-state index is 12.2. The highest BCUT2D eigenvalue weighted by Crippen LogP contribution is 2.37. The van der Waals surface area contributed by atoms with Gasteiger partial charge in [-0.1, -0.05) is 12.1 Å². The van der Waals surface area contributed by atoms with E-state index in [1.165, 1.54) is 19.1 Å². The maximum absolute atomic E-state index is 12.2.